The number of aliphatic carboxylic acids is 2. The van der Waals surface area contributed by atoms with E-state index in [0.29, 0.717) is 17.6 Å². The monoisotopic (exact) mass is 276 g/mol. The summed E-state index contributed by atoms with van der Waals surface area (Å²) < 4.78 is 0. The highest BCUT2D eigenvalue weighted by Crippen LogP contribution is 2.02. The van der Waals surface area contributed by atoms with Crippen molar-refractivity contribution >= 4 is 11.9 Å². The van der Waals surface area contributed by atoms with Crippen molar-refractivity contribution in [3.63, 3.8) is 0 Å². The molecule has 0 heterocycles. The lowest BCUT2D eigenvalue weighted by molar-refractivity contribution is -0.133. The highest BCUT2D eigenvalue weighted by Gasteiger charge is 1.98. The molecule has 1 aromatic carbocycles. The van der Waals surface area contributed by atoms with E-state index in [0.717, 1.165) is 5.56 Å². The number of hydrogen-bond donors (Lipinski definition) is 2. The maximum Gasteiger partial charge on any atom is 0.330 e. The molecule has 0 fully saturated rings. The van der Waals surface area contributed by atoms with E-state index in [2.05, 4.69) is 0 Å². The quantitative estimate of drug-likeness (QED) is 0.827. The van der Waals surface area contributed by atoms with E-state index in [1.807, 2.05) is 30.3 Å². The topological polar surface area (TPSA) is 74.6 Å². The van der Waals surface area contributed by atoms with Gasteiger partial charge in [-0.3, -0.25) is 0 Å². The van der Waals surface area contributed by atoms with Gasteiger partial charge in [0.15, 0.2) is 0 Å². The second kappa shape index (κ2) is 9.55. The summed E-state index contributed by atoms with van der Waals surface area (Å²) in [5, 5.41) is 16.7. The number of carboxylic acid groups (broad SMARTS) is 2. The molecule has 0 saturated carbocycles. The number of benzene rings is 1. The first-order valence-corrected chi connectivity index (χ1v) is 6.18. The van der Waals surface area contributed by atoms with Crippen LogP contribution in [0.1, 0.15) is 26.3 Å². The molecule has 1 aromatic rings. The standard InChI is InChI=1S/C11H12O2.C5H8O2/c1-9(11(12)13)7-8-10-5-3-2-4-6-10;1-3-4(2)5(6)7/h2-7H,8H2,1H3,(H,12,13);3H,1-2H3,(H,6,7)/b9-7+;4-3+. The lowest BCUT2D eigenvalue weighted by Gasteiger charge is -1.95. The van der Waals surface area contributed by atoms with Gasteiger partial charge in [-0.2, -0.15) is 0 Å². The van der Waals surface area contributed by atoms with Gasteiger partial charge in [0.1, 0.15) is 0 Å². The van der Waals surface area contributed by atoms with Crippen molar-refractivity contribution in [3.8, 4) is 0 Å². The molecule has 0 bridgehead atoms. The summed E-state index contributed by atoms with van der Waals surface area (Å²) in [5.74, 6) is -1.70. The third-order valence-electron chi connectivity index (χ3n) is 2.59. The zero-order chi connectivity index (χ0) is 15.5. The Labute approximate surface area is 119 Å². The molecule has 20 heavy (non-hydrogen) atoms. The van der Waals surface area contributed by atoms with Crippen LogP contribution in [0.15, 0.2) is 53.6 Å². The van der Waals surface area contributed by atoms with Crippen molar-refractivity contribution in [2.75, 3.05) is 0 Å². The van der Waals surface area contributed by atoms with Gasteiger partial charge in [0.2, 0.25) is 0 Å². The summed E-state index contributed by atoms with van der Waals surface area (Å²) in [6, 6.07) is 9.78. The second-order valence-corrected chi connectivity index (χ2v) is 4.16. The van der Waals surface area contributed by atoms with E-state index < -0.39 is 11.9 Å². The van der Waals surface area contributed by atoms with Gasteiger partial charge >= 0.3 is 11.9 Å². The SMILES string of the molecule is C/C(=C\Cc1ccccc1)C(=O)O.C/C=C(\C)C(=O)O. The predicted molar refractivity (Wildman–Crippen MR) is 78.6 cm³/mol. The summed E-state index contributed by atoms with van der Waals surface area (Å²) in [7, 11) is 0. The van der Waals surface area contributed by atoms with Crippen LogP contribution in [0.5, 0.6) is 0 Å². The average Bonchev–Trinajstić information content (AvgIpc) is 2.45. The minimum Gasteiger partial charge on any atom is -0.478 e. The first kappa shape index (κ1) is 17.6. The average molecular weight is 276 g/mol. The Bertz CT molecular complexity index is 498. The summed E-state index contributed by atoms with van der Waals surface area (Å²) in [6.45, 7) is 4.86. The van der Waals surface area contributed by atoms with Crippen molar-refractivity contribution in [2.45, 2.75) is 27.2 Å². The van der Waals surface area contributed by atoms with Crippen LogP contribution < -0.4 is 0 Å². The number of carboxylic acids is 2. The molecule has 0 atom stereocenters. The van der Waals surface area contributed by atoms with Gasteiger partial charge in [-0.1, -0.05) is 42.5 Å². The fourth-order valence-electron chi connectivity index (χ4n) is 1.10. The van der Waals surface area contributed by atoms with E-state index in [-0.39, 0.29) is 0 Å². The number of carbonyl (C=O) groups is 2. The molecule has 108 valence electrons. The van der Waals surface area contributed by atoms with Crippen LogP contribution in [-0.2, 0) is 16.0 Å². The Morgan fingerprint density at radius 1 is 1.00 bits per heavy atom. The minimum absolute atomic E-state index is 0.389. The fourth-order valence-corrected chi connectivity index (χ4v) is 1.10. The van der Waals surface area contributed by atoms with Gasteiger partial charge in [-0.05, 0) is 32.8 Å². The molecule has 2 N–H and O–H groups in total. The molecule has 1 rings (SSSR count). The normalized spacial score (nSPS) is 11.3. The van der Waals surface area contributed by atoms with Crippen LogP contribution in [-0.4, -0.2) is 22.2 Å². The highest BCUT2D eigenvalue weighted by atomic mass is 16.4. The molecule has 0 aliphatic heterocycles. The lowest BCUT2D eigenvalue weighted by atomic mass is 10.1. The van der Waals surface area contributed by atoms with Crippen LogP contribution in [0.2, 0.25) is 0 Å². The van der Waals surface area contributed by atoms with Crippen LogP contribution in [0, 0.1) is 0 Å². The number of hydrogen-bond acceptors (Lipinski definition) is 2. The molecule has 4 heteroatoms. The Morgan fingerprint density at radius 3 is 1.85 bits per heavy atom. The lowest BCUT2D eigenvalue weighted by Crippen LogP contribution is -1.96. The van der Waals surface area contributed by atoms with Gasteiger partial charge in [0.05, 0.1) is 0 Å². The Morgan fingerprint density at radius 2 is 1.50 bits per heavy atom. The fraction of sp³-hybridized carbons (Fsp3) is 0.250. The minimum atomic E-state index is -0.851. The van der Waals surface area contributed by atoms with Crippen LogP contribution in [0.4, 0.5) is 0 Å². The van der Waals surface area contributed by atoms with Gasteiger partial charge in [-0.25, -0.2) is 9.59 Å². The first-order valence-electron chi connectivity index (χ1n) is 6.18. The zero-order valence-corrected chi connectivity index (χ0v) is 12.0. The van der Waals surface area contributed by atoms with Crippen molar-refractivity contribution in [1.29, 1.82) is 0 Å². The van der Waals surface area contributed by atoms with Gasteiger partial charge in [0.25, 0.3) is 0 Å². The molecule has 0 aliphatic rings. The molecule has 0 aliphatic carbocycles. The molecule has 0 radical (unpaired) electrons. The Hall–Kier alpha value is -2.36. The maximum atomic E-state index is 10.5. The van der Waals surface area contributed by atoms with Crippen LogP contribution >= 0.6 is 0 Å². The van der Waals surface area contributed by atoms with Crippen molar-refractivity contribution in [2.24, 2.45) is 0 Å². The largest absolute Gasteiger partial charge is 0.478 e. The highest BCUT2D eigenvalue weighted by molar-refractivity contribution is 5.86. The molecule has 0 unspecified atom stereocenters. The summed E-state index contributed by atoms with van der Waals surface area (Å²) >= 11 is 0. The van der Waals surface area contributed by atoms with Crippen LogP contribution in [0.25, 0.3) is 0 Å². The smallest absolute Gasteiger partial charge is 0.330 e. The van der Waals surface area contributed by atoms with E-state index in [1.54, 1.807) is 32.9 Å². The first-order chi connectivity index (χ1) is 9.38. The third-order valence-corrected chi connectivity index (χ3v) is 2.59. The zero-order valence-electron chi connectivity index (χ0n) is 12.0. The van der Waals surface area contributed by atoms with E-state index >= 15 is 0 Å². The van der Waals surface area contributed by atoms with Crippen molar-refractivity contribution in [1.82, 2.24) is 0 Å². The second-order valence-electron chi connectivity index (χ2n) is 4.16. The molecular formula is C16H20O4. The number of allylic oxidation sites excluding steroid dienone is 2. The predicted octanol–water partition coefficient (Wildman–Crippen LogP) is 3.30. The van der Waals surface area contributed by atoms with E-state index in [4.69, 9.17) is 10.2 Å². The van der Waals surface area contributed by atoms with E-state index in [9.17, 15) is 9.59 Å². The summed E-state index contributed by atoms with van der Waals surface area (Å²) in [5.41, 5.74) is 1.91. The van der Waals surface area contributed by atoms with Gasteiger partial charge in [0, 0.05) is 11.1 Å². The van der Waals surface area contributed by atoms with E-state index in [1.165, 1.54) is 0 Å². The molecule has 4 nitrogen and oxygen atoms in total. The third kappa shape index (κ3) is 7.87. The molecular weight excluding hydrogens is 256 g/mol. The molecule has 0 aromatic heterocycles. The van der Waals surface area contributed by atoms with Crippen molar-refractivity contribution < 1.29 is 19.8 Å². The molecule has 0 amide bonds. The Kier molecular flexibility index (Phi) is 8.43. The Balaban J connectivity index is 0.000000441. The van der Waals surface area contributed by atoms with Gasteiger partial charge in [-0.15, -0.1) is 0 Å². The number of rotatable bonds is 4. The van der Waals surface area contributed by atoms with Crippen molar-refractivity contribution in [3.05, 3.63) is 59.2 Å². The van der Waals surface area contributed by atoms with Crippen LogP contribution in [0.3, 0.4) is 0 Å². The molecule has 0 spiro atoms. The summed E-state index contributed by atoms with van der Waals surface area (Å²) in [6.07, 6.45) is 3.96. The molecule has 0 saturated heterocycles. The summed E-state index contributed by atoms with van der Waals surface area (Å²) in [4.78, 5) is 20.3. The van der Waals surface area contributed by atoms with Gasteiger partial charge < -0.3 is 10.2 Å². The maximum absolute atomic E-state index is 10.5.